The number of hydrogen-bond donors (Lipinski definition) is 0. The van der Waals surface area contributed by atoms with E-state index in [0.29, 0.717) is 5.56 Å². The van der Waals surface area contributed by atoms with Crippen LogP contribution in [0.2, 0.25) is 0 Å². The highest BCUT2D eigenvalue weighted by molar-refractivity contribution is 6.17. The molecule has 0 bridgehead atoms. The molecule has 0 atom stereocenters. The van der Waals surface area contributed by atoms with Gasteiger partial charge in [0, 0.05) is 37.4 Å². The van der Waals surface area contributed by atoms with E-state index in [1.54, 1.807) is 6.07 Å². The molecule has 1 fully saturated rings. The van der Waals surface area contributed by atoms with Crippen molar-refractivity contribution in [3.05, 3.63) is 29.6 Å². The van der Waals surface area contributed by atoms with Gasteiger partial charge in [-0.1, -0.05) is 13.0 Å². The monoisotopic (exact) mass is 256 g/mol. The van der Waals surface area contributed by atoms with Gasteiger partial charge in [-0.25, -0.2) is 4.39 Å². The van der Waals surface area contributed by atoms with E-state index in [9.17, 15) is 4.39 Å². The topological polar surface area (TPSA) is 6.48 Å². The third-order valence-electron chi connectivity index (χ3n) is 3.39. The Morgan fingerprint density at radius 2 is 1.94 bits per heavy atom. The highest BCUT2D eigenvalue weighted by Crippen LogP contribution is 2.25. The third-order valence-corrected chi connectivity index (χ3v) is 3.66. The van der Waals surface area contributed by atoms with E-state index in [4.69, 9.17) is 11.6 Å². The van der Waals surface area contributed by atoms with E-state index in [-0.39, 0.29) is 11.7 Å². The maximum absolute atomic E-state index is 13.6. The third kappa shape index (κ3) is 2.72. The van der Waals surface area contributed by atoms with Crippen molar-refractivity contribution in [1.29, 1.82) is 0 Å². The number of alkyl halides is 1. The molecule has 2 rings (SSSR count). The molecule has 0 aliphatic carbocycles. The first-order chi connectivity index (χ1) is 8.26. The molecular weight excluding hydrogens is 239 g/mol. The zero-order valence-corrected chi connectivity index (χ0v) is 10.9. The average molecular weight is 257 g/mol. The van der Waals surface area contributed by atoms with Gasteiger partial charge in [0.25, 0.3) is 0 Å². The Bertz CT molecular complexity index is 376. The van der Waals surface area contributed by atoms with Gasteiger partial charge in [-0.15, -0.1) is 11.6 Å². The summed E-state index contributed by atoms with van der Waals surface area (Å²) in [6.07, 6.45) is 0. The van der Waals surface area contributed by atoms with Crippen molar-refractivity contribution in [2.75, 3.05) is 37.6 Å². The van der Waals surface area contributed by atoms with E-state index < -0.39 is 0 Å². The summed E-state index contributed by atoms with van der Waals surface area (Å²) < 4.78 is 13.6. The molecule has 1 saturated heterocycles. The Hall–Kier alpha value is -0.800. The van der Waals surface area contributed by atoms with E-state index >= 15 is 0 Å². The molecule has 1 aliphatic rings. The van der Waals surface area contributed by atoms with Crippen LogP contribution in [0.1, 0.15) is 12.5 Å². The lowest BCUT2D eigenvalue weighted by Gasteiger charge is -2.36. The van der Waals surface area contributed by atoms with Crippen LogP contribution in [0, 0.1) is 5.82 Å². The van der Waals surface area contributed by atoms with Crippen LogP contribution in [-0.2, 0) is 5.88 Å². The number of piperazine rings is 1. The van der Waals surface area contributed by atoms with Gasteiger partial charge in [0.1, 0.15) is 5.82 Å². The molecular formula is C13H18ClFN2. The molecule has 1 aromatic carbocycles. The van der Waals surface area contributed by atoms with Gasteiger partial charge in [0.05, 0.1) is 5.88 Å². The van der Waals surface area contributed by atoms with Gasteiger partial charge in [-0.2, -0.15) is 0 Å². The molecule has 0 saturated carbocycles. The summed E-state index contributed by atoms with van der Waals surface area (Å²) in [4.78, 5) is 4.63. The molecule has 0 amide bonds. The second kappa shape index (κ2) is 5.69. The fourth-order valence-corrected chi connectivity index (χ4v) is 2.55. The first-order valence-electron chi connectivity index (χ1n) is 6.07. The second-order valence-corrected chi connectivity index (χ2v) is 4.56. The van der Waals surface area contributed by atoms with Gasteiger partial charge in [-0.3, -0.25) is 0 Å². The van der Waals surface area contributed by atoms with Crippen molar-refractivity contribution >= 4 is 17.3 Å². The smallest absolute Gasteiger partial charge is 0.129 e. The van der Waals surface area contributed by atoms with Gasteiger partial charge in [0.15, 0.2) is 0 Å². The van der Waals surface area contributed by atoms with Crippen molar-refractivity contribution < 1.29 is 4.39 Å². The Labute approximate surface area is 107 Å². The zero-order chi connectivity index (χ0) is 12.3. The summed E-state index contributed by atoms with van der Waals surface area (Å²) in [5, 5.41) is 0. The Morgan fingerprint density at radius 3 is 2.53 bits per heavy atom. The van der Waals surface area contributed by atoms with Crippen molar-refractivity contribution in [3.63, 3.8) is 0 Å². The van der Waals surface area contributed by atoms with Crippen molar-refractivity contribution in [2.45, 2.75) is 12.8 Å². The molecule has 0 N–H and O–H groups in total. The summed E-state index contributed by atoms with van der Waals surface area (Å²) in [5.74, 6) is 0.0335. The van der Waals surface area contributed by atoms with Crippen LogP contribution in [0.25, 0.3) is 0 Å². The lowest BCUT2D eigenvalue weighted by molar-refractivity contribution is 0.271. The largest absolute Gasteiger partial charge is 0.369 e. The van der Waals surface area contributed by atoms with Gasteiger partial charge in [-0.05, 0) is 18.7 Å². The Balaban J connectivity index is 2.15. The van der Waals surface area contributed by atoms with E-state index in [1.807, 2.05) is 6.07 Å². The highest BCUT2D eigenvalue weighted by atomic mass is 35.5. The maximum Gasteiger partial charge on any atom is 0.129 e. The quantitative estimate of drug-likeness (QED) is 0.768. The fraction of sp³-hybridized carbons (Fsp3) is 0.538. The minimum Gasteiger partial charge on any atom is -0.369 e. The normalized spacial score (nSPS) is 17.5. The first-order valence-corrected chi connectivity index (χ1v) is 6.60. The van der Waals surface area contributed by atoms with Crippen LogP contribution in [0.5, 0.6) is 0 Å². The van der Waals surface area contributed by atoms with E-state index in [2.05, 4.69) is 16.7 Å². The van der Waals surface area contributed by atoms with Crippen LogP contribution in [0.4, 0.5) is 10.1 Å². The molecule has 1 aliphatic heterocycles. The lowest BCUT2D eigenvalue weighted by atomic mass is 10.1. The van der Waals surface area contributed by atoms with Crippen LogP contribution in [-0.4, -0.2) is 37.6 Å². The maximum atomic E-state index is 13.6. The minimum absolute atomic E-state index is 0.199. The molecule has 1 heterocycles. The molecule has 2 nitrogen and oxygen atoms in total. The van der Waals surface area contributed by atoms with Gasteiger partial charge in [0.2, 0.25) is 0 Å². The SMILES string of the molecule is CCN1CCN(c2cccc(F)c2CCl)CC1. The van der Waals surface area contributed by atoms with E-state index in [0.717, 1.165) is 38.4 Å². The van der Waals surface area contributed by atoms with Crippen molar-refractivity contribution in [3.8, 4) is 0 Å². The molecule has 1 aromatic rings. The second-order valence-electron chi connectivity index (χ2n) is 4.29. The first kappa shape index (κ1) is 12.7. The van der Waals surface area contributed by atoms with E-state index in [1.165, 1.54) is 6.07 Å². The number of hydrogen-bond acceptors (Lipinski definition) is 2. The number of halogens is 2. The number of anilines is 1. The van der Waals surface area contributed by atoms with Crippen molar-refractivity contribution in [1.82, 2.24) is 4.90 Å². The predicted octanol–water partition coefficient (Wildman–Crippen LogP) is 2.71. The van der Waals surface area contributed by atoms with Crippen LogP contribution >= 0.6 is 11.6 Å². The number of rotatable bonds is 3. The van der Waals surface area contributed by atoms with Gasteiger partial charge < -0.3 is 9.80 Å². The molecule has 4 heteroatoms. The Morgan fingerprint density at radius 1 is 1.24 bits per heavy atom. The van der Waals surface area contributed by atoms with Crippen LogP contribution < -0.4 is 4.90 Å². The fourth-order valence-electron chi connectivity index (χ4n) is 2.28. The molecule has 0 unspecified atom stereocenters. The summed E-state index contributed by atoms with van der Waals surface area (Å²) in [7, 11) is 0. The predicted molar refractivity (Wildman–Crippen MR) is 70.3 cm³/mol. The highest BCUT2D eigenvalue weighted by Gasteiger charge is 2.19. The van der Waals surface area contributed by atoms with Gasteiger partial charge >= 0.3 is 0 Å². The van der Waals surface area contributed by atoms with Crippen molar-refractivity contribution in [2.24, 2.45) is 0 Å². The molecule has 94 valence electrons. The molecule has 0 radical (unpaired) electrons. The summed E-state index contributed by atoms with van der Waals surface area (Å²) in [5.41, 5.74) is 1.58. The lowest BCUT2D eigenvalue weighted by Crippen LogP contribution is -2.46. The summed E-state index contributed by atoms with van der Waals surface area (Å²) in [6, 6.07) is 5.19. The van der Waals surface area contributed by atoms with Crippen LogP contribution in [0.15, 0.2) is 18.2 Å². The minimum atomic E-state index is -0.199. The average Bonchev–Trinajstić information content (AvgIpc) is 2.38. The Kier molecular flexibility index (Phi) is 4.24. The number of benzene rings is 1. The molecule has 0 spiro atoms. The number of likely N-dealkylation sites (N-methyl/N-ethyl adjacent to an activating group) is 1. The summed E-state index contributed by atoms with van der Waals surface area (Å²) >= 11 is 5.84. The molecule has 0 aromatic heterocycles. The molecule has 17 heavy (non-hydrogen) atoms. The van der Waals surface area contributed by atoms with Crippen LogP contribution in [0.3, 0.4) is 0 Å². The number of nitrogens with zero attached hydrogens (tertiary/aromatic N) is 2. The standard InChI is InChI=1S/C13H18ClFN2/c1-2-16-6-8-17(9-7-16)13-5-3-4-12(15)11(13)10-14/h3-5H,2,6-10H2,1H3. The summed E-state index contributed by atoms with van der Waals surface area (Å²) in [6.45, 7) is 7.22. The zero-order valence-electron chi connectivity index (χ0n) is 10.1.